The zero-order valence-electron chi connectivity index (χ0n) is 17.3. The van der Waals surface area contributed by atoms with Crippen molar-refractivity contribution in [1.82, 2.24) is 14.9 Å². The number of carbonyl (C=O) groups excluding carboxylic acids is 1. The third kappa shape index (κ3) is 5.47. The van der Waals surface area contributed by atoms with E-state index in [1.54, 1.807) is 13.2 Å². The van der Waals surface area contributed by atoms with Gasteiger partial charge in [0.15, 0.2) is 0 Å². The third-order valence-electron chi connectivity index (χ3n) is 4.46. The molecule has 1 amide bonds. The van der Waals surface area contributed by atoms with Crippen molar-refractivity contribution in [3.63, 3.8) is 0 Å². The number of amides is 1. The molecule has 0 atom stereocenters. The van der Waals surface area contributed by atoms with Gasteiger partial charge in [-0.2, -0.15) is 0 Å². The molecule has 7 nitrogen and oxygen atoms in total. The van der Waals surface area contributed by atoms with Crippen molar-refractivity contribution in [2.75, 3.05) is 20.3 Å². The van der Waals surface area contributed by atoms with Crippen LogP contribution in [0.25, 0.3) is 11.3 Å². The van der Waals surface area contributed by atoms with E-state index in [1.165, 1.54) is 17.0 Å². The van der Waals surface area contributed by atoms with E-state index in [0.29, 0.717) is 24.6 Å². The Morgan fingerprint density at radius 1 is 1.10 bits per heavy atom. The Morgan fingerprint density at radius 2 is 1.83 bits per heavy atom. The van der Waals surface area contributed by atoms with Gasteiger partial charge in [-0.25, -0.2) is 4.98 Å². The van der Waals surface area contributed by atoms with Gasteiger partial charge >= 0.3 is 0 Å². The summed E-state index contributed by atoms with van der Waals surface area (Å²) in [6.45, 7) is 4.59. The van der Waals surface area contributed by atoms with Gasteiger partial charge in [-0.3, -0.25) is 14.2 Å². The molecule has 0 unspecified atom stereocenters. The summed E-state index contributed by atoms with van der Waals surface area (Å²) in [5, 5.41) is 2.75. The molecule has 0 saturated carbocycles. The number of nitrogens with zero attached hydrogens (tertiary/aromatic N) is 2. The first kappa shape index (κ1) is 21.1. The van der Waals surface area contributed by atoms with Crippen LogP contribution in [0, 0.1) is 13.8 Å². The Bertz CT molecular complexity index is 1070. The maximum Gasteiger partial charge on any atom is 0.254 e. The van der Waals surface area contributed by atoms with E-state index in [1.807, 2.05) is 44.2 Å². The number of aryl methyl sites for hydroxylation is 2. The van der Waals surface area contributed by atoms with Gasteiger partial charge in [-0.15, -0.1) is 0 Å². The van der Waals surface area contributed by atoms with Gasteiger partial charge in [0.05, 0.1) is 25.7 Å². The van der Waals surface area contributed by atoms with Gasteiger partial charge in [0.1, 0.15) is 24.7 Å². The first-order chi connectivity index (χ1) is 14.5. The summed E-state index contributed by atoms with van der Waals surface area (Å²) in [7, 11) is 1.56. The standard InChI is InChI=1S/C23H25N3O4/c1-16-10-17(2)12-18(11-16)30-9-8-24-22(27)14-26-15-25-20(13-23(26)28)19-6-4-5-7-21(19)29-3/h4-7,10-13,15H,8-9,14H2,1-3H3,(H,24,27). The predicted octanol–water partition coefficient (Wildman–Crippen LogP) is 2.73. The molecule has 1 aromatic heterocycles. The number of nitrogens with one attached hydrogen (secondary N) is 1. The second kappa shape index (κ2) is 9.73. The van der Waals surface area contributed by atoms with Gasteiger partial charge in [0.25, 0.3) is 5.56 Å². The summed E-state index contributed by atoms with van der Waals surface area (Å²) in [5.41, 5.74) is 3.15. The Balaban J connectivity index is 1.54. The first-order valence-electron chi connectivity index (χ1n) is 9.64. The minimum Gasteiger partial charge on any atom is -0.496 e. The van der Waals surface area contributed by atoms with Gasteiger partial charge in [0.2, 0.25) is 5.91 Å². The summed E-state index contributed by atoms with van der Waals surface area (Å²) in [5.74, 6) is 1.12. The molecular formula is C23H25N3O4. The van der Waals surface area contributed by atoms with Crippen LogP contribution in [0.4, 0.5) is 0 Å². The second-order valence-electron chi connectivity index (χ2n) is 6.96. The van der Waals surface area contributed by atoms with E-state index in [0.717, 1.165) is 22.4 Å². The average Bonchev–Trinajstić information content (AvgIpc) is 2.72. The highest BCUT2D eigenvalue weighted by Crippen LogP contribution is 2.26. The van der Waals surface area contributed by atoms with Crippen LogP contribution in [-0.2, 0) is 11.3 Å². The maximum absolute atomic E-state index is 12.4. The molecule has 1 heterocycles. The fourth-order valence-electron chi connectivity index (χ4n) is 3.13. The molecule has 0 radical (unpaired) electrons. The number of hydrogen-bond donors (Lipinski definition) is 1. The number of hydrogen-bond acceptors (Lipinski definition) is 5. The molecule has 3 rings (SSSR count). The van der Waals surface area contributed by atoms with Crippen LogP contribution in [0.5, 0.6) is 11.5 Å². The molecule has 156 valence electrons. The fourth-order valence-corrected chi connectivity index (χ4v) is 3.13. The zero-order chi connectivity index (χ0) is 21.5. The van der Waals surface area contributed by atoms with E-state index in [-0.39, 0.29) is 18.0 Å². The van der Waals surface area contributed by atoms with Crippen LogP contribution >= 0.6 is 0 Å². The minimum atomic E-state index is -0.312. The predicted molar refractivity (Wildman–Crippen MR) is 115 cm³/mol. The van der Waals surface area contributed by atoms with Crippen LogP contribution in [0.15, 0.2) is 59.7 Å². The largest absolute Gasteiger partial charge is 0.496 e. The Kier molecular flexibility index (Phi) is 6.85. The van der Waals surface area contributed by atoms with E-state index in [2.05, 4.69) is 16.4 Å². The van der Waals surface area contributed by atoms with Crippen molar-refractivity contribution in [3.8, 4) is 22.8 Å². The SMILES string of the molecule is COc1ccccc1-c1cc(=O)n(CC(=O)NCCOc2cc(C)cc(C)c2)cn1. The van der Waals surface area contributed by atoms with Crippen LogP contribution in [0.3, 0.4) is 0 Å². The number of benzene rings is 2. The lowest BCUT2D eigenvalue weighted by molar-refractivity contribution is -0.121. The summed E-state index contributed by atoms with van der Waals surface area (Å²) in [6.07, 6.45) is 1.37. The Morgan fingerprint density at radius 3 is 2.53 bits per heavy atom. The molecule has 0 aliphatic carbocycles. The fraction of sp³-hybridized carbons (Fsp3) is 0.261. The number of aromatic nitrogens is 2. The quantitative estimate of drug-likeness (QED) is 0.581. The highest BCUT2D eigenvalue weighted by Gasteiger charge is 2.10. The maximum atomic E-state index is 12.4. The average molecular weight is 407 g/mol. The van der Waals surface area contributed by atoms with E-state index in [9.17, 15) is 9.59 Å². The Hall–Kier alpha value is -3.61. The molecule has 0 aliphatic rings. The lowest BCUT2D eigenvalue weighted by Gasteiger charge is -2.11. The lowest BCUT2D eigenvalue weighted by Crippen LogP contribution is -2.34. The molecule has 30 heavy (non-hydrogen) atoms. The van der Waals surface area contributed by atoms with Crippen molar-refractivity contribution in [2.45, 2.75) is 20.4 Å². The third-order valence-corrected chi connectivity index (χ3v) is 4.46. The van der Waals surface area contributed by atoms with Crippen molar-refractivity contribution < 1.29 is 14.3 Å². The Labute approximate surface area is 175 Å². The molecule has 2 aromatic carbocycles. The number of ether oxygens (including phenoxy) is 2. The molecule has 1 N–H and O–H groups in total. The topological polar surface area (TPSA) is 82.5 Å². The molecule has 0 spiro atoms. The first-order valence-corrected chi connectivity index (χ1v) is 9.64. The van der Waals surface area contributed by atoms with Gasteiger partial charge in [0, 0.05) is 11.6 Å². The lowest BCUT2D eigenvalue weighted by atomic mass is 10.1. The molecular weight excluding hydrogens is 382 g/mol. The minimum absolute atomic E-state index is 0.110. The highest BCUT2D eigenvalue weighted by atomic mass is 16.5. The monoisotopic (exact) mass is 407 g/mol. The van der Waals surface area contributed by atoms with E-state index in [4.69, 9.17) is 9.47 Å². The number of carbonyl (C=O) groups is 1. The highest BCUT2D eigenvalue weighted by molar-refractivity contribution is 5.75. The molecule has 0 bridgehead atoms. The van der Waals surface area contributed by atoms with Crippen LogP contribution in [0.2, 0.25) is 0 Å². The summed E-state index contributed by atoms with van der Waals surface area (Å²) in [6, 6.07) is 14.7. The van der Waals surface area contributed by atoms with Gasteiger partial charge in [-0.1, -0.05) is 18.2 Å². The number of methoxy groups -OCH3 is 1. The van der Waals surface area contributed by atoms with E-state index < -0.39 is 0 Å². The van der Waals surface area contributed by atoms with Crippen molar-refractivity contribution in [3.05, 3.63) is 76.3 Å². The summed E-state index contributed by atoms with van der Waals surface area (Å²) in [4.78, 5) is 28.9. The van der Waals surface area contributed by atoms with Crippen molar-refractivity contribution in [2.24, 2.45) is 0 Å². The van der Waals surface area contributed by atoms with Crippen LogP contribution in [0.1, 0.15) is 11.1 Å². The van der Waals surface area contributed by atoms with Crippen LogP contribution in [-0.4, -0.2) is 35.7 Å². The van der Waals surface area contributed by atoms with Crippen molar-refractivity contribution in [1.29, 1.82) is 0 Å². The number of rotatable bonds is 8. The zero-order valence-corrected chi connectivity index (χ0v) is 17.3. The molecule has 0 fully saturated rings. The van der Waals surface area contributed by atoms with Crippen LogP contribution < -0.4 is 20.3 Å². The molecule has 3 aromatic rings. The summed E-state index contributed by atoms with van der Waals surface area (Å²) < 4.78 is 12.2. The normalized spacial score (nSPS) is 10.5. The van der Waals surface area contributed by atoms with Crippen molar-refractivity contribution >= 4 is 5.91 Å². The van der Waals surface area contributed by atoms with Gasteiger partial charge in [-0.05, 0) is 49.2 Å². The smallest absolute Gasteiger partial charge is 0.254 e. The van der Waals surface area contributed by atoms with Gasteiger partial charge < -0.3 is 14.8 Å². The van der Waals surface area contributed by atoms with E-state index >= 15 is 0 Å². The summed E-state index contributed by atoms with van der Waals surface area (Å²) >= 11 is 0. The molecule has 7 heteroatoms. The number of para-hydroxylation sites is 1. The molecule has 0 saturated heterocycles. The second-order valence-corrected chi connectivity index (χ2v) is 6.96. The molecule has 0 aliphatic heterocycles.